The summed E-state index contributed by atoms with van der Waals surface area (Å²) in [5, 5.41) is 6.34. The van der Waals surface area contributed by atoms with Crippen molar-refractivity contribution >= 4 is 40.3 Å². The van der Waals surface area contributed by atoms with Crippen LogP contribution in [-0.4, -0.2) is 17.0 Å². The van der Waals surface area contributed by atoms with Crippen LogP contribution < -0.4 is 5.32 Å². The molecule has 0 spiro atoms. The van der Waals surface area contributed by atoms with E-state index in [1.807, 2.05) is 6.07 Å². The molecule has 3 rings (SSSR count). The molecule has 0 aliphatic heterocycles. The van der Waals surface area contributed by atoms with Crippen LogP contribution in [-0.2, 0) is 9.53 Å². The second-order valence-electron chi connectivity index (χ2n) is 5.51. The third-order valence-corrected chi connectivity index (χ3v) is 4.24. The van der Waals surface area contributed by atoms with E-state index in [4.69, 9.17) is 9.26 Å². The largest absolute Gasteiger partial charge is 0.444 e. The first kappa shape index (κ1) is 18.1. The number of nitrogens with one attached hydrogen (secondary N) is 1. The van der Waals surface area contributed by atoms with Gasteiger partial charge in [0.1, 0.15) is 5.76 Å². The molecule has 6 nitrogen and oxygen atoms in total. The predicted molar refractivity (Wildman–Crippen MR) is 104 cm³/mol. The van der Waals surface area contributed by atoms with E-state index in [1.54, 1.807) is 61.5 Å². The highest BCUT2D eigenvalue weighted by Crippen LogP contribution is 2.22. The van der Waals surface area contributed by atoms with E-state index in [0.717, 1.165) is 3.57 Å². The van der Waals surface area contributed by atoms with Gasteiger partial charge in [-0.3, -0.25) is 4.79 Å². The van der Waals surface area contributed by atoms with Crippen LogP contribution in [0.3, 0.4) is 0 Å². The molecule has 132 valence electrons. The molecule has 0 bridgehead atoms. The first-order valence-electron chi connectivity index (χ1n) is 7.78. The van der Waals surface area contributed by atoms with Gasteiger partial charge in [-0.05, 0) is 53.8 Å². The number of nitrogens with zero attached hydrogens (tertiary/aromatic N) is 1. The van der Waals surface area contributed by atoms with Gasteiger partial charge in [-0.1, -0.05) is 35.5 Å². The number of carbonyl (C=O) groups excluding carboxylic acids is 2. The molecule has 0 saturated heterocycles. The lowest BCUT2D eigenvalue weighted by Crippen LogP contribution is -2.26. The molecule has 7 heteroatoms. The van der Waals surface area contributed by atoms with Crippen molar-refractivity contribution in [3.05, 3.63) is 81.1 Å². The Kier molecular flexibility index (Phi) is 5.67. The lowest BCUT2D eigenvalue weighted by atomic mass is 10.1. The van der Waals surface area contributed by atoms with Gasteiger partial charge in [0.2, 0.25) is 6.10 Å². The van der Waals surface area contributed by atoms with Gasteiger partial charge < -0.3 is 14.6 Å². The molecular formula is C19H15IN2O4. The van der Waals surface area contributed by atoms with Crippen LogP contribution in [0.2, 0.25) is 0 Å². The summed E-state index contributed by atoms with van der Waals surface area (Å²) < 4.78 is 11.4. The van der Waals surface area contributed by atoms with E-state index >= 15 is 0 Å². The third-order valence-electron chi connectivity index (χ3n) is 3.52. The average molecular weight is 462 g/mol. The maximum Gasteiger partial charge on any atom is 0.339 e. The molecule has 3 aromatic rings. The molecule has 1 atom stereocenters. The smallest absolute Gasteiger partial charge is 0.339 e. The van der Waals surface area contributed by atoms with Gasteiger partial charge in [0, 0.05) is 15.2 Å². The Bertz CT molecular complexity index is 907. The zero-order valence-electron chi connectivity index (χ0n) is 13.8. The van der Waals surface area contributed by atoms with Crippen LogP contribution in [0.1, 0.15) is 27.8 Å². The summed E-state index contributed by atoms with van der Waals surface area (Å²) in [6, 6.07) is 17.3. The molecule has 1 heterocycles. The fourth-order valence-corrected chi connectivity index (χ4v) is 2.64. The summed E-state index contributed by atoms with van der Waals surface area (Å²) in [5.74, 6) is -0.267. The Balaban J connectivity index is 1.82. The van der Waals surface area contributed by atoms with Crippen LogP contribution in [0.25, 0.3) is 0 Å². The molecule has 0 aliphatic rings. The summed E-state index contributed by atoms with van der Waals surface area (Å²) >= 11 is 2.15. The monoisotopic (exact) mass is 462 g/mol. The molecule has 0 saturated carbocycles. The molecule has 1 unspecified atom stereocenters. The number of benzene rings is 2. The van der Waals surface area contributed by atoms with Crippen molar-refractivity contribution in [2.24, 2.45) is 0 Å². The highest BCUT2D eigenvalue weighted by molar-refractivity contribution is 14.1. The second-order valence-corrected chi connectivity index (χ2v) is 6.76. The maximum atomic E-state index is 12.7. The van der Waals surface area contributed by atoms with E-state index in [0.29, 0.717) is 16.9 Å². The van der Waals surface area contributed by atoms with Crippen molar-refractivity contribution in [3.8, 4) is 0 Å². The molecule has 0 aliphatic carbocycles. The van der Waals surface area contributed by atoms with Crippen molar-refractivity contribution in [2.75, 3.05) is 5.32 Å². The van der Waals surface area contributed by atoms with E-state index in [1.165, 1.54) is 0 Å². The fraction of sp³-hybridized carbons (Fsp3) is 0.105. The predicted octanol–water partition coefficient (Wildman–Crippen LogP) is 4.12. The van der Waals surface area contributed by atoms with Crippen molar-refractivity contribution in [2.45, 2.75) is 13.0 Å². The number of aromatic nitrogens is 1. The van der Waals surface area contributed by atoms with Crippen LogP contribution in [0.4, 0.5) is 5.82 Å². The Morgan fingerprint density at radius 2 is 1.81 bits per heavy atom. The van der Waals surface area contributed by atoms with Gasteiger partial charge in [-0.25, -0.2) is 4.79 Å². The topological polar surface area (TPSA) is 81.4 Å². The second kappa shape index (κ2) is 8.13. The number of hydrogen-bond acceptors (Lipinski definition) is 5. The average Bonchev–Trinajstić information content (AvgIpc) is 3.05. The fourth-order valence-electron chi connectivity index (χ4n) is 2.28. The van der Waals surface area contributed by atoms with Crippen molar-refractivity contribution in [1.82, 2.24) is 5.16 Å². The standard InChI is InChI=1S/C19H15IN2O4/c1-12-11-16(22-26-12)21-18(23)17(13-5-3-2-4-6-13)25-19(24)14-7-9-15(20)10-8-14/h2-11,17H,1H3,(H,21,22,23). The summed E-state index contributed by atoms with van der Waals surface area (Å²) in [7, 11) is 0. The van der Waals surface area contributed by atoms with Gasteiger partial charge in [-0.15, -0.1) is 0 Å². The van der Waals surface area contributed by atoms with Crippen LogP contribution >= 0.6 is 22.6 Å². The lowest BCUT2D eigenvalue weighted by molar-refractivity contribution is -0.125. The molecule has 0 radical (unpaired) electrons. The lowest BCUT2D eigenvalue weighted by Gasteiger charge is -2.17. The molecule has 26 heavy (non-hydrogen) atoms. The van der Waals surface area contributed by atoms with Crippen molar-refractivity contribution in [1.29, 1.82) is 0 Å². The normalized spacial score (nSPS) is 11.6. The van der Waals surface area contributed by atoms with Gasteiger partial charge in [0.15, 0.2) is 5.82 Å². The Morgan fingerprint density at radius 3 is 2.42 bits per heavy atom. The third kappa shape index (κ3) is 4.48. The summed E-state index contributed by atoms with van der Waals surface area (Å²) in [5.41, 5.74) is 0.931. The van der Waals surface area contributed by atoms with Crippen LogP contribution in [0.15, 0.2) is 65.2 Å². The minimum atomic E-state index is -1.11. The highest BCUT2D eigenvalue weighted by Gasteiger charge is 2.26. The van der Waals surface area contributed by atoms with Crippen LogP contribution in [0.5, 0.6) is 0 Å². The number of aryl methyl sites for hydroxylation is 1. The van der Waals surface area contributed by atoms with Crippen molar-refractivity contribution < 1.29 is 18.8 Å². The van der Waals surface area contributed by atoms with E-state index in [2.05, 4.69) is 33.1 Å². The molecule has 1 aromatic heterocycles. The maximum absolute atomic E-state index is 12.7. The molecule has 2 aromatic carbocycles. The number of hydrogen-bond donors (Lipinski definition) is 1. The zero-order chi connectivity index (χ0) is 18.5. The zero-order valence-corrected chi connectivity index (χ0v) is 16.0. The van der Waals surface area contributed by atoms with Gasteiger partial charge in [0.25, 0.3) is 5.91 Å². The first-order valence-corrected chi connectivity index (χ1v) is 8.86. The molecule has 1 N–H and O–H groups in total. The minimum Gasteiger partial charge on any atom is -0.444 e. The van der Waals surface area contributed by atoms with Gasteiger partial charge >= 0.3 is 5.97 Å². The van der Waals surface area contributed by atoms with Crippen LogP contribution in [0, 0.1) is 10.5 Å². The molecule has 1 amide bonds. The van der Waals surface area contributed by atoms with E-state index in [9.17, 15) is 9.59 Å². The SMILES string of the molecule is Cc1cc(NC(=O)C(OC(=O)c2ccc(I)cc2)c2ccccc2)no1. The van der Waals surface area contributed by atoms with Gasteiger partial charge in [-0.2, -0.15) is 0 Å². The number of esters is 1. The molecular weight excluding hydrogens is 447 g/mol. The number of ether oxygens (including phenoxy) is 1. The number of halogens is 1. The quantitative estimate of drug-likeness (QED) is 0.456. The summed E-state index contributed by atoms with van der Waals surface area (Å²) in [4.78, 5) is 25.1. The summed E-state index contributed by atoms with van der Waals surface area (Å²) in [6.07, 6.45) is -1.11. The number of rotatable bonds is 5. The minimum absolute atomic E-state index is 0.263. The Labute approximate surface area is 163 Å². The van der Waals surface area contributed by atoms with E-state index in [-0.39, 0.29) is 5.82 Å². The van der Waals surface area contributed by atoms with E-state index < -0.39 is 18.0 Å². The van der Waals surface area contributed by atoms with Crippen molar-refractivity contribution in [3.63, 3.8) is 0 Å². The molecule has 0 fully saturated rings. The number of carbonyl (C=O) groups is 2. The summed E-state index contributed by atoms with van der Waals surface area (Å²) in [6.45, 7) is 1.72. The number of anilines is 1. The highest BCUT2D eigenvalue weighted by atomic mass is 127. The van der Waals surface area contributed by atoms with Gasteiger partial charge in [0.05, 0.1) is 5.56 Å². The Morgan fingerprint density at radius 1 is 1.12 bits per heavy atom. The number of amides is 1. The Hall–Kier alpha value is -2.68. The first-order chi connectivity index (χ1) is 12.5.